The van der Waals surface area contributed by atoms with E-state index < -0.39 is 0 Å². The highest BCUT2D eigenvalue weighted by Gasteiger charge is 2.18. The molecule has 1 aliphatic carbocycles. The fourth-order valence-electron chi connectivity index (χ4n) is 2.43. The van der Waals surface area contributed by atoms with Crippen LogP contribution >= 0.6 is 15.9 Å². The van der Waals surface area contributed by atoms with Gasteiger partial charge in [0.2, 0.25) is 0 Å². The maximum atomic E-state index is 11.8. The molecule has 0 amide bonds. The number of aromatic amines is 1. The quantitative estimate of drug-likeness (QED) is 0.862. The lowest BCUT2D eigenvalue weighted by Crippen LogP contribution is -2.10. The van der Waals surface area contributed by atoms with E-state index in [4.69, 9.17) is 0 Å². The molecule has 1 N–H and O–H groups in total. The van der Waals surface area contributed by atoms with Crippen LogP contribution in [0.3, 0.4) is 0 Å². The van der Waals surface area contributed by atoms with Crippen LogP contribution in [0.25, 0.3) is 5.69 Å². The fourth-order valence-corrected chi connectivity index (χ4v) is 2.69. The minimum absolute atomic E-state index is 0.0719. The van der Waals surface area contributed by atoms with Gasteiger partial charge in [-0.25, -0.2) is 0 Å². The molecule has 1 aromatic carbocycles. The summed E-state index contributed by atoms with van der Waals surface area (Å²) in [6.45, 7) is 0. The standard InChI is InChI=1S/C13H13BrN2O/c14-9-5-7-10(8-6-9)16-12-4-2-1-3-11(12)13(17)15-16/h5-8H,1-4H2,(H,15,17). The Bertz CT molecular complexity index is 595. The van der Waals surface area contributed by atoms with Gasteiger partial charge in [0.25, 0.3) is 5.56 Å². The highest BCUT2D eigenvalue weighted by Crippen LogP contribution is 2.21. The summed E-state index contributed by atoms with van der Waals surface area (Å²) < 4.78 is 2.98. The zero-order valence-electron chi connectivity index (χ0n) is 9.37. The van der Waals surface area contributed by atoms with Gasteiger partial charge in [-0.3, -0.25) is 14.6 Å². The zero-order valence-corrected chi connectivity index (χ0v) is 11.0. The molecule has 0 atom stereocenters. The van der Waals surface area contributed by atoms with Crippen LogP contribution in [0.5, 0.6) is 0 Å². The number of benzene rings is 1. The van der Waals surface area contributed by atoms with Crippen LogP contribution in [0.15, 0.2) is 33.5 Å². The molecule has 2 aromatic rings. The van der Waals surface area contributed by atoms with Crippen molar-refractivity contribution in [1.29, 1.82) is 0 Å². The summed E-state index contributed by atoms with van der Waals surface area (Å²) in [5, 5.41) is 2.94. The minimum Gasteiger partial charge on any atom is -0.268 e. The summed E-state index contributed by atoms with van der Waals surface area (Å²) >= 11 is 3.42. The summed E-state index contributed by atoms with van der Waals surface area (Å²) in [5.74, 6) is 0. The fraction of sp³-hybridized carbons (Fsp3) is 0.308. The van der Waals surface area contributed by atoms with E-state index in [2.05, 4.69) is 21.0 Å². The monoisotopic (exact) mass is 292 g/mol. The van der Waals surface area contributed by atoms with Crippen LogP contribution in [0, 0.1) is 0 Å². The van der Waals surface area contributed by atoms with Gasteiger partial charge >= 0.3 is 0 Å². The number of H-pyrrole nitrogens is 1. The maximum absolute atomic E-state index is 11.8. The van der Waals surface area contributed by atoms with Crippen molar-refractivity contribution in [1.82, 2.24) is 9.78 Å². The lowest BCUT2D eigenvalue weighted by Gasteiger charge is -2.13. The molecule has 1 heterocycles. The average Bonchev–Trinajstić information content (AvgIpc) is 2.69. The second-order valence-electron chi connectivity index (χ2n) is 4.39. The van der Waals surface area contributed by atoms with Gasteiger partial charge in [-0.15, -0.1) is 0 Å². The van der Waals surface area contributed by atoms with Crippen molar-refractivity contribution in [2.75, 3.05) is 0 Å². The number of rotatable bonds is 1. The third kappa shape index (κ3) is 1.86. The number of nitrogens with one attached hydrogen (secondary N) is 1. The Kier molecular flexibility index (Phi) is 2.67. The topological polar surface area (TPSA) is 37.8 Å². The molecule has 1 aliphatic rings. The van der Waals surface area contributed by atoms with Crippen molar-refractivity contribution in [3.05, 3.63) is 50.3 Å². The number of nitrogens with zero attached hydrogens (tertiary/aromatic N) is 1. The summed E-state index contributed by atoms with van der Waals surface area (Å²) in [5.41, 5.74) is 3.22. The van der Waals surface area contributed by atoms with E-state index in [0.717, 1.165) is 40.7 Å². The molecule has 0 fully saturated rings. The SMILES string of the molecule is O=c1[nH]n(-c2ccc(Br)cc2)c2c1CCCC2. The lowest BCUT2D eigenvalue weighted by molar-refractivity contribution is 0.653. The molecule has 0 bridgehead atoms. The first-order valence-corrected chi connectivity index (χ1v) is 6.64. The molecular formula is C13H13BrN2O. The first kappa shape index (κ1) is 10.8. The Balaban J connectivity index is 2.15. The van der Waals surface area contributed by atoms with E-state index in [9.17, 15) is 4.79 Å². The Morgan fingerprint density at radius 2 is 1.82 bits per heavy atom. The van der Waals surface area contributed by atoms with Crippen molar-refractivity contribution >= 4 is 15.9 Å². The minimum atomic E-state index is 0.0719. The Labute approximate surface area is 108 Å². The molecule has 17 heavy (non-hydrogen) atoms. The van der Waals surface area contributed by atoms with Gasteiger partial charge in [0.05, 0.1) is 5.69 Å². The third-order valence-electron chi connectivity index (χ3n) is 3.28. The van der Waals surface area contributed by atoms with Crippen LogP contribution in [-0.4, -0.2) is 9.78 Å². The van der Waals surface area contributed by atoms with Crippen LogP contribution in [0.4, 0.5) is 0 Å². The van der Waals surface area contributed by atoms with Crippen LogP contribution in [0.1, 0.15) is 24.1 Å². The smallest absolute Gasteiger partial charge is 0.267 e. The lowest BCUT2D eigenvalue weighted by atomic mass is 9.98. The molecule has 88 valence electrons. The van der Waals surface area contributed by atoms with Crippen molar-refractivity contribution in [3.8, 4) is 5.69 Å². The predicted molar refractivity (Wildman–Crippen MR) is 70.7 cm³/mol. The molecule has 3 rings (SSSR count). The molecular weight excluding hydrogens is 280 g/mol. The van der Waals surface area contributed by atoms with Crippen molar-refractivity contribution < 1.29 is 0 Å². The van der Waals surface area contributed by atoms with Gasteiger partial charge in [-0.05, 0) is 49.9 Å². The van der Waals surface area contributed by atoms with E-state index in [1.165, 1.54) is 6.42 Å². The van der Waals surface area contributed by atoms with E-state index in [1.54, 1.807) is 0 Å². The molecule has 0 saturated heterocycles. The second kappa shape index (κ2) is 4.18. The Morgan fingerprint density at radius 1 is 1.12 bits per heavy atom. The molecule has 0 unspecified atom stereocenters. The van der Waals surface area contributed by atoms with Gasteiger partial charge in [-0.1, -0.05) is 15.9 Å². The summed E-state index contributed by atoms with van der Waals surface area (Å²) in [7, 11) is 0. The Hall–Kier alpha value is -1.29. The number of aromatic nitrogens is 2. The average molecular weight is 293 g/mol. The van der Waals surface area contributed by atoms with Gasteiger partial charge in [-0.2, -0.15) is 0 Å². The highest BCUT2D eigenvalue weighted by molar-refractivity contribution is 9.10. The van der Waals surface area contributed by atoms with Crippen molar-refractivity contribution in [3.63, 3.8) is 0 Å². The zero-order chi connectivity index (χ0) is 11.8. The number of hydrogen-bond donors (Lipinski definition) is 1. The van der Waals surface area contributed by atoms with Gasteiger partial charge in [0.1, 0.15) is 0 Å². The van der Waals surface area contributed by atoms with E-state index >= 15 is 0 Å². The van der Waals surface area contributed by atoms with E-state index in [0.29, 0.717) is 0 Å². The second-order valence-corrected chi connectivity index (χ2v) is 5.30. The van der Waals surface area contributed by atoms with Crippen molar-refractivity contribution in [2.45, 2.75) is 25.7 Å². The summed E-state index contributed by atoms with van der Waals surface area (Å²) in [6, 6.07) is 8.00. The normalized spacial score (nSPS) is 14.6. The molecule has 0 radical (unpaired) electrons. The Morgan fingerprint density at radius 3 is 2.59 bits per heavy atom. The highest BCUT2D eigenvalue weighted by atomic mass is 79.9. The van der Waals surface area contributed by atoms with Crippen LogP contribution in [0.2, 0.25) is 0 Å². The molecule has 0 spiro atoms. The first-order chi connectivity index (χ1) is 8.25. The molecule has 0 aliphatic heterocycles. The molecule has 0 saturated carbocycles. The van der Waals surface area contributed by atoms with E-state index in [-0.39, 0.29) is 5.56 Å². The molecule has 1 aromatic heterocycles. The maximum Gasteiger partial charge on any atom is 0.267 e. The third-order valence-corrected chi connectivity index (χ3v) is 3.81. The number of hydrogen-bond acceptors (Lipinski definition) is 1. The molecule has 4 heteroatoms. The van der Waals surface area contributed by atoms with Crippen LogP contribution < -0.4 is 5.56 Å². The van der Waals surface area contributed by atoms with Gasteiger partial charge < -0.3 is 0 Å². The summed E-state index contributed by atoms with van der Waals surface area (Å²) in [4.78, 5) is 11.8. The van der Waals surface area contributed by atoms with E-state index in [1.807, 2.05) is 28.9 Å². The first-order valence-electron chi connectivity index (χ1n) is 5.84. The van der Waals surface area contributed by atoms with Crippen molar-refractivity contribution in [2.24, 2.45) is 0 Å². The summed E-state index contributed by atoms with van der Waals surface area (Å²) in [6.07, 6.45) is 4.19. The number of fused-ring (bicyclic) bond motifs is 1. The predicted octanol–water partition coefficient (Wildman–Crippen LogP) is 2.81. The molecule has 3 nitrogen and oxygen atoms in total. The van der Waals surface area contributed by atoms with Crippen LogP contribution in [-0.2, 0) is 12.8 Å². The number of halogens is 1. The van der Waals surface area contributed by atoms with Gasteiger partial charge in [0, 0.05) is 15.7 Å². The van der Waals surface area contributed by atoms with Gasteiger partial charge in [0.15, 0.2) is 0 Å². The largest absolute Gasteiger partial charge is 0.268 e.